The van der Waals surface area contributed by atoms with Gasteiger partial charge in [-0.2, -0.15) is 5.21 Å². The SMILES string of the molecule is CCCCCCC[C@H](OCc1ccc(OC)cc1)c1ccc(-c2ccccc2-c2nn[nH]n2)cc1. The molecular weight excluding hydrogens is 436 g/mol. The highest BCUT2D eigenvalue weighted by Gasteiger charge is 2.15. The smallest absolute Gasteiger partial charge is 0.205 e. The van der Waals surface area contributed by atoms with Crippen molar-refractivity contribution in [2.75, 3.05) is 7.11 Å². The number of aromatic nitrogens is 4. The Morgan fingerprint density at radius 3 is 2.26 bits per heavy atom. The maximum absolute atomic E-state index is 6.45. The fourth-order valence-electron chi connectivity index (χ4n) is 4.28. The molecule has 0 bridgehead atoms. The van der Waals surface area contributed by atoms with Crippen molar-refractivity contribution in [3.05, 3.63) is 83.9 Å². The van der Waals surface area contributed by atoms with E-state index in [9.17, 15) is 0 Å². The zero-order valence-electron chi connectivity index (χ0n) is 20.6. The Morgan fingerprint density at radius 2 is 1.57 bits per heavy atom. The molecule has 0 unspecified atom stereocenters. The summed E-state index contributed by atoms with van der Waals surface area (Å²) in [6.07, 6.45) is 7.31. The summed E-state index contributed by atoms with van der Waals surface area (Å²) in [7, 11) is 1.68. The molecule has 182 valence electrons. The molecule has 4 aromatic rings. The van der Waals surface area contributed by atoms with Crippen molar-refractivity contribution in [2.45, 2.75) is 58.2 Å². The van der Waals surface area contributed by atoms with Crippen molar-refractivity contribution in [3.63, 3.8) is 0 Å². The maximum Gasteiger partial charge on any atom is 0.205 e. The molecule has 6 nitrogen and oxygen atoms in total. The molecule has 0 aliphatic heterocycles. The fraction of sp³-hybridized carbons (Fsp3) is 0.345. The average molecular weight is 471 g/mol. The molecule has 0 aliphatic carbocycles. The van der Waals surface area contributed by atoms with E-state index in [1.165, 1.54) is 31.2 Å². The Kier molecular flexibility index (Phi) is 9.01. The molecule has 1 atom stereocenters. The van der Waals surface area contributed by atoms with Gasteiger partial charge in [-0.1, -0.05) is 99.7 Å². The molecule has 0 radical (unpaired) electrons. The highest BCUT2D eigenvalue weighted by molar-refractivity contribution is 5.80. The van der Waals surface area contributed by atoms with Crippen molar-refractivity contribution in [1.29, 1.82) is 0 Å². The molecule has 35 heavy (non-hydrogen) atoms. The number of hydrogen-bond donors (Lipinski definition) is 1. The van der Waals surface area contributed by atoms with E-state index >= 15 is 0 Å². The number of unbranched alkanes of at least 4 members (excludes halogenated alkanes) is 4. The molecule has 0 aliphatic rings. The van der Waals surface area contributed by atoms with Crippen molar-refractivity contribution < 1.29 is 9.47 Å². The molecule has 1 aromatic heterocycles. The highest BCUT2D eigenvalue weighted by atomic mass is 16.5. The summed E-state index contributed by atoms with van der Waals surface area (Å²) in [5.41, 5.74) is 5.50. The standard InChI is InChI=1S/C29H34N4O2/c1-3-4-5-6-7-12-28(35-21-22-13-19-25(34-2)20-14-22)24-17-15-23(16-18-24)26-10-8-9-11-27(26)29-30-32-33-31-29/h8-11,13-20,28H,3-7,12,21H2,1-2H3,(H,30,31,32,33)/t28-/m0/s1. The van der Waals surface area contributed by atoms with Gasteiger partial charge in [-0.05, 0) is 46.0 Å². The van der Waals surface area contributed by atoms with Gasteiger partial charge in [-0.15, -0.1) is 10.2 Å². The molecule has 0 amide bonds. The Bertz CT molecular complexity index is 1140. The monoisotopic (exact) mass is 470 g/mol. The molecule has 0 spiro atoms. The van der Waals surface area contributed by atoms with Gasteiger partial charge in [0.1, 0.15) is 5.75 Å². The van der Waals surface area contributed by atoms with E-state index in [1.807, 2.05) is 30.3 Å². The summed E-state index contributed by atoms with van der Waals surface area (Å²) in [4.78, 5) is 0. The van der Waals surface area contributed by atoms with Crippen molar-refractivity contribution in [1.82, 2.24) is 20.6 Å². The number of ether oxygens (including phenoxy) is 2. The van der Waals surface area contributed by atoms with E-state index in [-0.39, 0.29) is 6.10 Å². The molecule has 0 fully saturated rings. The molecular formula is C29H34N4O2. The van der Waals surface area contributed by atoms with Crippen LogP contribution < -0.4 is 4.74 Å². The van der Waals surface area contributed by atoms with E-state index < -0.39 is 0 Å². The summed E-state index contributed by atoms with van der Waals surface area (Å²) in [6, 6.07) is 24.9. The van der Waals surface area contributed by atoms with Crippen LogP contribution in [0.1, 0.15) is 62.7 Å². The molecule has 0 saturated heterocycles. The Labute approximate surface area is 207 Å². The summed E-state index contributed by atoms with van der Waals surface area (Å²) in [5.74, 6) is 1.45. The number of H-pyrrole nitrogens is 1. The van der Waals surface area contributed by atoms with E-state index in [2.05, 4.69) is 70.0 Å². The van der Waals surface area contributed by atoms with Crippen molar-refractivity contribution in [2.24, 2.45) is 0 Å². The van der Waals surface area contributed by atoms with Crippen LogP contribution in [0, 0.1) is 0 Å². The predicted octanol–water partition coefficient (Wildman–Crippen LogP) is 7.16. The molecule has 4 rings (SSSR count). The quantitative estimate of drug-likeness (QED) is 0.210. The summed E-state index contributed by atoms with van der Waals surface area (Å²) < 4.78 is 11.7. The second-order valence-electron chi connectivity index (χ2n) is 8.75. The minimum atomic E-state index is 0.0558. The van der Waals surface area contributed by atoms with E-state index in [1.54, 1.807) is 7.11 Å². The lowest BCUT2D eigenvalue weighted by Gasteiger charge is -2.19. The third-order valence-corrected chi connectivity index (χ3v) is 6.29. The van der Waals surface area contributed by atoms with Crippen LogP contribution in [-0.4, -0.2) is 27.7 Å². The van der Waals surface area contributed by atoms with Crippen LogP contribution >= 0.6 is 0 Å². The second kappa shape index (κ2) is 12.8. The average Bonchev–Trinajstić information content (AvgIpc) is 3.46. The Balaban J connectivity index is 1.49. The topological polar surface area (TPSA) is 72.9 Å². The van der Waals surface area contributed by atoms with Crippen LogP contribution in [0.15, 0.2) is 72.8 Å². The first kappa shape index (κ1) is 24.6. The number of tetrazole rings is 1. The zero-order valence-corrected chi connectivity index (χ0v) is 20.6. The molecule has 3 aromatic carbocycles. The summed E-state index contributed by atoms with van der Waals surface area (Å²) in [6.45, 7) is 2.82. The third kappa shape index (κ3) is 6.76. The van der Waals surface area contributed by atoms with Crippen LogP contribution in [0.25, 0.3) is 22.5 Å². The first-order chi connectivity index (χ1) is 17.3. The van der Waals surface area contributed by atoms with E-state index in [4.69, 9.17) is 9.47 Å². The number of hydrogen-bond acceptors (Lipinski definition) is 5. The normalized spacial score (nSPS) is 11.9. The minimum Gasteiger partial charge on any atom is -0.497 e. The van der Waals surface area contributed by atoms with Gasteiger partial charge >= 0.3 is 0 Å². The predicted molar refractivity (Wildman–Crippen MR) is 139 cm³/mol. The lowest BCUT2D eigenvalue weighted by Crippen LogP contribution is -2.05. The summed E-state index contributed by atoms with van der Waals surface area (Å²) in [5, 5.41) is 14.6. The van der Waals surface area contributed by atoms with Crippen LogP contribution in [0.2, 0.25) is 0 Å². The van der Waals surface area contributed by atoms with E-state index in [0.717, 1.165) is 40.8 Å². The molecule has 0 saturated carbocycles. The van der Waals surface area contributed by atoms with Gasteiger partial charge in [0, 0.05) is 5.56 Å². The largest absolute Gasteiger partial charge is 0.497 e. The van der Waals surface area contributed by atoms with E-state index in [0.29, 0.717) is 12.4 Å². The Morgan fingerprint density at radius 1 is 0.829 bits per heavy atom. The zero-order chi connectivity index (χ0) is 24.3. The number of nitrogens with one attached hydrogen (secondary N) is 1. The fourth-order valence-corrected chi connectivity index (χ4v) is 4.28. The highest BCUT2D eigenvalue weighted by Crippen LogP contribution is 2.32. The van der Waals surface area contributed by atoms with Gasteiger partial charge in [0.05, 0.1) is 19.8 Å². The Hall–Kier alpha value is -3.51. The van der Waals surface area contributed by atoms with Gasteiger partial charge in [-0.25, -0.2) is 0 Å². The minimum absolute atomic E-state index is 0.0558. The van der Waals surface area contributed by atoms with Gasteiger partial charge < -0.3 is 9.47 Å². The van der Waals surface area contributed by atoms with Gasteiger partial charge in [-0.3, -0.25) is 0 Å². The van der Waals surface area contributed by atoms with Crippen LogP contribution in [-0.2, 0) is 11.3 Å². The lowest BCUT2D eigenvalue weighted by molar-refractivity contribution is 0.0321. The summed E-state index contributed by atoms with van der Waals surface area (Å²) >= 11 is 0. The first-order valence-corrected chi connectivity index (χ1v) is 12.5. The van der Waals surface area contributed by atoms with Gasteiger partial charge in [0.2, 0.25) is 5.82 Å². The number of methoxy groups -OCH3 is 1. The third-order valence-electron chi connectivity index (χ3n) is 6.29. The number of rotatable bonds is 13. The van der Waals surface area contributed by atoms with Gasteiger partial charge in [0.25, 0.3) is 0 Å². The first-order valence-electron chi connectivity index (χ1n) is 12.5. The molecule has 6 heteroatoms. The van der Waals surface area contributed by atoms with Crippen LogP contribution in [0.4, 0.5) is 0 Å². The second-order valence-corrected chi connectivity index (χ2v) is 8.75. The van der Waals surface area contributed by atoms with Crippen LogP contribution in [0.5, 0.6) is 5.75 Å². The number of nitrogens with zero attached hydrogens (tertiary/aromatic N) is 3. The van der Waals surface area contributed by atoms with Gasteiger partial charge in [0.15, 0.2) is 0 Å². The van der Waals surface area contributed by atoms with Crippen molar-refractivity contribution >= 4 is 0 Å². The van der Waals surface area contributed by atoms with Crippen LogP contribution in [0.3, 0.4) is 0 Å². The van der Waals surface area contributed by atoms with Crippen molar-refractivity contribution in [3.8, 4) is 28.3 Å². The number of benzene rings is 3. The molecule has 1 heterocycles. The number of aromatic amines is 1. The maximum atomic E-state index is 6.45. The lowest BCUT2D eigenvalue weighted by atomic mass is 9.96. The molecule has 1 N–H and O–H groups in total.